The summed E-state index contributed by atoms with van der Waals surface area (Å²) in [6.45, 7) is 0. The predicted octanol–water partition coefficient (Wildman–Crippen LogP) is 3.40. The van der Waals surface area contributed by atoms with Crippen LogP contribution >= 0.6 is 11.8 Å². The number of nitrogens with one attached hydrogen (secondary N) is 1. The molecule has 92 valence electrons. The van der Waals surface area contributed by atoms with Crippen LogP contribution in [0.1, 0.15) is 5.56 Å². The van der Waals surface area contributed by atoms with Crippen molar-refractivity contribution in [3.05, 3.63) is 59.7 Å². The van der Waals surface area contributed by atoms with E-state index >= 15 is 0 Å². The molecule has 0 saturated carbocycles. The number of hydrogen-bond donors (Lipinski definition) is 2. The number of amidine groups is 1. The first-order chi connectivity index (χ1) is 8.56. The largest absolute Gasteiger partial charge is 0.384 e. The number of nitrogen functional groups attached to an aromatic ring is 1. The fourth-order valence-electron chi connectivity index (χ4n) is 1.38. The van der Waals surface area contributed by atoms with Crippen LogP contribution in [0.3, 0.4) is 0 Å². The summed E-state index contributed by atoms with van der Waals surface area (Å²) < 4.78 is 26.5. The number of benzene rings is 2. The summed E-state index contributed by atoms with van der Waals surface area (Å²) in [5.74, 6) is -0.948. The van der Waals surface area contributed by atoms with E-state index in [0.717, 1.165) is 4.90 Å². The molecule has 0 atom stereocenters. The SMILES string of the molecule is N=C(N)c1ccc(Sc2ccc(F)cc2)c(F)c1. The van der Waals surface area contributed by atoms with Crippen LogP contribution in [-0.4, -0.2) is 5.84 Å². The van der Waals surface area contributed by atoms with Crippen LogP contribution in [0.4, 0.5) is 8.78 Å². The van der Waals surface area contributed by atoms with Gasteiger partial charge in [-0.3, -0.25) is 5.41 Å². The maximum Gasteiger partial charge on any atom is 0.137 e. The van der Waals surface area contributed by atoms with E-state index in [1.807, 2.05) is 0 Å². The standard InChI is InChI=1S/C13H10F2N2S/c14-9-2-4-10(5-3-9)18-12-6-1-8(13(16)17)7-11(12)15/h1-7H,(H3,16,17). The smallest absolute Gasteiger partial charge is 0.137 e. The fraction of sp³-hybridized carbons (Fsp3) is 0. The Morgan fingerprint density at radius 1 is 1.06 bits per heavy atom. The maximum absolute atomic E-state index is 13.7. The molecule has 2 aromatic rings. The van der Waals surface area contributed by atoms with Gasteiger partial charge in [-0.25, -0.2) is 8.78 Å². The summed E-state index contributed by atoms with van der Waals surface area (Å²) >= 11 is 1.19. The second-order valence-corrected chi connectivity index (χ2v) is 4.73. The lowest BCUT2D eigenvalue weighted by Gasteiger charge is -2.05. The highest BCUT2D eigenvalue weighted by atomic mass is 32.2. The van der Waals surface area contributed by atoms with Crippen LogP contribution < -0.4 is 5.73 Å². The minimum absolute atomic E-state index is 0.174. The van der Waals surface area contributed by atoms with Gasteiger partial charge < -0.3 is 5.73 Å². The third-order valence-corrected chi connectivity index (χ3v) is 3.34. The lowest BCUT2D eigenvalue weighted by molar-refractivity contribution is 0.601. The Bertz CT molecular complexity index is 582. The van der Waals surface area contributed by atoms with Crippen molar-refractivity contribution < 1.29 is 8.78 Å². The van der Waals surface area contributed by atoms with Crippen molar-refractivity contribution >= 4 is 17.6 Å². The molecular weight excluding hydrogens is 254 g/mol. The lowest BCUT2D eigenvalue weighted by Crippen LogP contribution is -2.11. The quantitative estimate of drug-likeness (QED) is 0.659. The average Bonchev–Trinajstić information content (AvgIpc) is 2.34. The van der Waals surface area contributed by atoms with Gasteiger partial charge in [-0.15, -0.1) is 0 Å². The number of rotatable bonds is 3. The zero-order chi connectivity index (χ0) is 13.1. The van der Waals surface area contributed by atoms with Crippen molar-refractivity contribution in [3.8, 4) is 0 Å². The average molecular weight is 264 g/mol. The van der Waals surface area contributed by atoms with Gasteiger partial charge in [0.25, 0.3) is 0 Å². The topological polar surface area (TPSA) is 49.9 Å². The first-order valence-electron chi connectivity index (χ1n) is 5.13. The molecule has 3 N–H and O–H groups in total. The van der Waals surface area contributed by atoms with Crippen LogP contribution in [0.2, 0.25) is 0 Å². The van der Waals surface area contributed by atoms with E-state index < -0.39 is 5.82 Å². The molecule has 0 radical (unpaired) electrons. The summed E-state index contributed by atoms with van der Waals surface area (Å²) in [6, 6.07) is 10.2. The highest BCUT2D eigenvalue weighted by Gasteiger charge is 2.07. The van der Waals surface area contributed by atoms with Gasteiger partial charge in [0.05, 0.1) is 0 Å². The molecule has 0 amide bonds. The van der Waals surface area contributed by atoms with Gasteiger partial charge in [0.1, 0.15) is 17.5 Å². The molecule has 0 saturated heterocycles. The van der Waals surface area contributed by atoms with E-state index in [-0.39, 0.29) is 11.7 Å². The monoisotopic (exact) mass is 264 g/mol. The molecule has 0 fully saturated rings. The van der Waals surface area contributed by atoms with E-state index in [2.05, 4.69) is 0 Å². The Balaban J connectivity index is 2.24. The molecule has 2 aromatic carbocycles. The van der Waals surface area contributed by atoms with Crippen molar-refractivity contribution in [1.82, 2.24) is 0 Å². The molecule has 0 aliphatic rings. The zero-order valence-corrected chi connectivity index (χ0v) is 10.1. The Morgan fingerprint density at radius 3 is 2.28 bits per heavy atom. The molecule has 18 heavy (non-hydrogen) atoms. The minimum atomic E-state index is -0.447. The first-order valence-corrected chi connectivity index (χ1v) is 5.95. The van der Waals surface area contributed by atoms with E-state index in [1.165, 1.54) is 30.0 Å². The number of halogens is 2. The second-order valence-electron chi connectivity index (χ2n) is 3.61. The molecule has 2 rings (SSSR count). The molecule has 0 aliphatic carbocycles. The van der Waals surface area contributed by atoms with Crippen LogP contribution in [0, 0.1) is 17.0 Å². The van der Waals surface area contributed by atoms with E-state index in [4.69, 9.17) is 11.1 Å². The van der Waals surface area contributed by atoms with Crippen LogP contribution in [0.5, 0.6) is 0 Å². The molecule has 0 aromatic heterocycles. The zero-order valence-electron chi connectivity index (χ0n) is 9.28. The molecule has 0 bridgehead atoms. The van der Waals surface area contributed by atoms with Gasteiger partial charge in [-0.1, -0.05) is 11.8 Å². The fourth-order valence-corrected chi connectivity index (χ4v) is 2.20. The van der Waals surface area contributed by atoms with Gasteiger partial charge in [-0.05, 0) is 42.5 Å². The summed E-state index contributed by atoms with van der Waals surface area (Å²) in [4.78, 5) is 1.15. The number of hydrogen-bond acceptors (Lipinski definition) is 2. The van der Waals surface area contributed by atoms with Crippen LogP contribution in [0.15, 0.2) is 52.3 Å². The van der Waals surface area contributed by atoms with Crippen LogP contribution in [0.25, 0.3) is 0 Å². The van der Waals surface area contributed by atoms with Crippen molar-refractivity contribution in [3.63, 3.8) is 0 Å². The summed E-state index contributed by atoms with van der Waals surface area (Å²) in [7, 11) is 0. The lowest BCUT2D eigenvalue weighted by atomic mass is 10.2. The normalized spacial score (nSPS) is 10.3. The van der Waals surface area contributed by atoms with Gasteiger partial charge in [-0.2, -0.15) is 0 Å². The number of nitrogens with two attached hydrogens (primary N) is 1. The van der Waals surface area contributed by atoms with E-state index in [0.29, 0.717) is 10.5 Å². The Morgan fingerprint density at radius 2 is 1.72 bits per heavy atom. The summed E-state index contributed by atoms with van der Waals surface area (Å²) in [6.07, 6.45) is 0. The van der Waals surface area contributed by atoms with Crippen molar-refractivity contribution in [2.75, 3.05) is 0 Å². The second kappa shape index (κ2) is 5.18. The van der Waals surface area contributed by atoms with Crippen molar-refractivity contribution in [2.24, 2.45) is 5.73 Å². The molecule has 0 aliphatic heterocycles. The Kier molecular flexibility index (Phi) is 3.62. The van der Waals surface area contributed by atoms with Gasteiger partial charge >= 0.3 is 0 Å². The minimum Gasteiger partial charge on any atom is -0.384 e. The third-order valence-electron chi connectivity index (χ3n) is 2.28. The highest BCUT2D eigenvalue weighted by Crippen LogP contribution is 2.30. The van der Waals surface area contributed by atoms with Gasteiger partial charge in [0.2, 0.25) is 0 Å². The molecule has 0 heterocycles. The Labute approximate surface area is 107 Å². The van der Waals surface area contributed by atoms with E-state index in [9.17, 15) is 8.78 Å². The van der Waals surface area contributed by atoms with E-state index in [1.54, 1.807) is 24.3 Å². The molecule has 0 unspecified atom stereocenters. The predicted molar refractivity (Wildman–Crippen MR) is 67.9 cm³/mol. The first kappa shape index (κ1) is 12.6. The van der Waals surface area contributed by atoms with Crippen molar-refractivity contribution in [2.45, 2.75) is 9.79 Å². The Hall–Kier alpha value is -1.88. The summed E-state index contributed by atoms with van der Waals surface area (Å²) in [5, 5.41) is 7.21. The van der Waals surface area contributed by atoms with Gasteiger partial charge in [0.15, 0.2) is 0 Å². The molecule has 5 heteroatoms. The highest BCUT2D eigenvalue weighted by molar-refractivity contribution is 7.99. The van der Waals surface area contributed by atoms with Crippen molar-refractivity contribution in [1.29, 1.82) is 5.41 Å². The third kappa shape index (κ3) is 2.87. The molecule has 0 spiro atoms. The molecule has 2 nitrogen and oxygen atoms in total. The van der Waals surface area contributed by atoms with Crippen LogP contribution in [-0.2, 0) is 0 Å². The molecular formula is C13H10F2N2S. The maximum atomic E-state index is 13.7. The summed E-state index contributed by atoms with van der Waals surface area (Å²) in [5.41, 5.74) is 5.61. The van der Waals surface area contributed by atoms with Gasteiger partial charge in [0, 0.05) is 15.4 Å².